The van der Waals surface area contributed by atoms with E-state index in [-0.39, 0.29) is 18.0 Å². The maximum Gasteiger partial charge on any atom is 0.308 e. The monoisotopic (exact) mass is 430 g/mol. The van der Waals surface area contributed by atoms with Gasteiger partial charge in [0.2, 0.25) is 0 Å². The highest BCUT2D eigenvalue weighted by atomic mass is 79.9. The minimum atomic E-state index is -0.531. The summed E-state index contributed by atoms with van der Waals surface area (Å²) < 4.78 is 25.5. The van der Waals surface area contributed by atoms with E-state index in [9.17, 15) is 14.0 Å². The predicted octanol–water partition coefficient (Wildman–Crippen LogP) is 4.76. The van der Waals surface area contributed by atoms with E-state index >= 15 is 0 Å². The number of alkyl halides is 1. The molecule has 0 spiro atoms. The van der Waals surface area contributed by atoms with Gasteiger partial charge in [0.25, 0.3) is 0 Å². The average Bonchev–Trinajstić information content (AvgIpc) is 3.04. The quantitative estimate of drug-likeness (QED) is 0.344. The molecular weight excluding hydrogens is 411 g/mol. The van der Waals surface area contributed by atoms with Gasteiger partial charge in [-0.05, 0) is 25.0 Å². The second-order valence-electron chi connectivity index (χ2n) is 5.74. The molecule has 0 saturated heterocycles. The molecule has 25 heavy (non-hydrogen) atoms. The van der Waals surface area contributed by atoms with Gasteiger partial charge in [0, 0.05) is 27.4 Å². The summed E-state index contributed by atoms with van der Waals surface area (Å²) in [6.45, 7) is 1.64. The third kappa shape index (κ3) is 4.39. The Bertz CT molecular complexity index is 787. The maximum absolute atomic E-state index is 14.9. The first-order valence-corrected chi connectivity index (χ1v) is 9.82. The van der Waals surface area contributed by atoms with Crippen molar-refractivity contribution in [2.45, 2.75) is 26.2 Å². The smallest absolute Gasteiger partial charge is 0.308 e. The van der Waals surface area contributed by atoms with E-state index in [0.717, 1.165) is 11.8 Å². The molecule has 0 N–H and O–H groups in total. The highest BCUT2D eigenvalue weighted by Crippen LogP contribution is 2.36. The molecule has 7 heteroatoms. The molecule has 2 aromatic rings. The van der Waals surface area contributed by atoms with Crippen molar-refractivity contribution in [1.29, 1.82) is 0 Å². The molecule has 0 fully saturated rings. The largest absolute Gasteiger partial charge is 0.496 e. The summed E-state index contributed by atoms with van der Waals surface area (Å²) >= 11 is 4.56. The normalized spacial score (nSPS) is 12.2. The van der Waals surface area contributed by atoms with Gasteiger partial charge in [-0.3, -0.25) is 9.59 Å². The molecule has 4 nitrogen and oxygen atoms in total. The fraction of sp³-hybridized carbons (Fsp3) is 0.444. The minimum Gasteiger partial charge on any atom is -0.496 e. The van der Waals surface area contributed by atoms with Crippen LogP contribution in [0.2, 0.25) is 0 Å². The second kappa shape index (κ2) is 8.76. The zero-order valence-corrected chi connectivity index (χ0v) is 16.8. The zero-order chi connectivity index (χ0) is 18.6. The van der Waals surface area contributed by atoms with Gasteiger partial charge in [-0.25, -0.2) is 4.39 Å². The number of rotatable bonds is 8. The highest BCUT2D eigenvalue weighted by molar-refractivity contribution is 9.09. The number of methoxy groups -OCH3 is 2. The summed E-state index contributed by atoms with van der Waals surface area (Å²) in [6.07, 6.45) is 1.37. The summed E-state index contributed by atoms with van der Waals surface area (Å²) in [4.78, 5) is 24.3. The van der Waals surface area contributed by atoms with E-state index in [2.05, 4.69) is 20.7 Å². The van der Waals surface area contributed by atoms with Crippen LogP contribution in [0.1, 0.15) is 35.0 Å². The molecule has 0 amide bonds. The summed E-state index contributed by atoms with van der Waals surface area (Å²) in [5.74, 6) is -1.00. The van der Waals surface area contributed by atoms with Crippen LogP contribution < -0.4 is 4.74 Å². The third-order valence-electron chi connectivity index (χ3n) is 3.97. The number of carbonyl (C=O) groups excluding carboxylic acids is 2. The molecule has 1 heterocycles. The number of Topliss-reactive ketones (excluding diaryl/α,β-unsaturated/α-hetero) is 1. The Morgan fingerprint density at radius 1 is 1.32 bits per heavy atom. The lowest BCUT2D eigenvalue weighted by molar-refractivity contribution is -0.144. The lowest BCUT2D eigenvalue weighted by atomic mass is 10.0. The molecule has 0 aliphatic heterocycles. The van der Waals surface area contributed by atoms with Crippen LogP contribution in [0.3, 0.4) is 0 Å². The molecule has 0 unspecified atom stereocenters. The van der Waals surface area contributed by atoms with Crippen LogP contribution in [-0.4, -0.2) is 31.3 Å². The molecule has 136 valence electrons. The molecule has 2 rings (SSSR count). The predicted molar refractivity (Wildman–Crippen MR) is 101 cm³/mol. The van der Waals surface area contributed by atoms with Crippen LogP contribution in [0.15, 0.2) is 12.1 Å². The van der Waals surface area contributed by atoms with Crippen LogP contribution in [0.5, 0.6) is 5.75 Å². The molecule has 0 radical (unpaired) electrons. The number of carbonyl (C=O) groups is 2. The van der Waals surface area contributed by atoms with Crippen LogP contribution in [0.25, 0.3) is 10.1 Å². The second-order valence-corrected chi connectivity index (χ2v) is 7.61. The van der Waals surface area contributed by atoms with Crippen LogP contribution in [0, 0.1) is 11.7 Å². The summed E-state index contributed by atoms with van der Waals surface area (Å²) in [7, 11) is 2.80. The van der Waals surface area contributed by atoms with Crippen molar-refractivity contribution in [2.24, 2.45) is 5.92 Å². The van der Waals surface area contributed by atoms with E-state index in [1.165, 1.54) is 25.6 Å². The molecule has 1 aromatic carbocycles. The van der Waals surface area contributed by atoms with Crippen LogP contribution in [-0.2, 0) is 16.0 Å². The molecule has 1 atom stereocenters. The molecule has 0 saturated carbocycles. The van der Waals surface area contributed by atoms with Gasteiger partial charge in [0.1, 0.15) is 11.6 Å². The van der Waals surface area contributed by atoms with Crippen LogP contribution in [0.4, 0.5) is 4.39 Å². The van der Waals surface area contributed by atoms with Gasteiger partial charge < -0.3 is 9.47 Å². The standard InChI is InChI=1S/C18H20BrFO4S/c1-10(18(22)24-3)7-13(21)16-8-12-15(25-16)9-14(23-2)11(17(12)20)5-4-6-19/h8-10H,4-7H2,1-3H3/t10-/m0/s1. The Balaban J connectivity index is 2.37. The highest BCUT2D eigenvalue weighted by Gasteiger charge is 2.22. The number of halogens is 2. The van der Waals surface area contributed by atoms with E-state index in [4.69, 9.17) is 4.74 Å². The summed E-state index contributed by atoms with van der Waals surface area (Å²) in [6, 6.07) is 3.34. The Morgan fingerprint density at radius 2 is 2.04 bits per heavy atom. The van der Waals surface area contributed by atoms with Crippen LogP contribution >= 0.6 is 27.3 Å². The number of thiophene rings is 1. The number of benzene rings is 1. The molecule has 0 bridgehead atoms. The van der Waals surface area contributed by atoms with Crippen molar-refractivity contribution in [3.63, 3.8) is 0 Å². The first-order valence-electron chi connectivity index (χ1n) is 7.88. The maximum atomic E-state index is 14.9. The third-order valence-corrected chi connectivity index (χ3v) is 5.66. The Kier molecular flexibility index (Phi) is 6.95. The van der Waals surface area contributed by atoms with Crippen molar-refractivity contribution in [1.82, 2.24) is 0 Å². The Labute approximate surface area is 158 Å². The first kappa shape index (κ1) is 19.8. The number of hydrogen-bond acceptors (Lipinski definition) is 5. The number of hydrogen-bond donors (Lipinski definition) is 0. The van der Waals surface area contributed by atoms with E-state index in [1.54, 1.807) is 19.1 Å². The van der Waals surface area contributed by atoms with Crippen molar-refractivity contribution >= 4 is 49.1 Å². The van der Waals surface area contributed by atoms with Gasteiger partial charge in [0.15, 0.2) is 5.78 Å². The first-order chi connectivity index (χ1) is 11.9. The van der Waals surface area contributed by atoms with Gasteiger partial charge in [-0.15, -0.1) is 11.3 Å². The van der Waals surface area contributed by atoms with Crippen molar-refractivity contribution in [3.05, 3.63) is 28.4 Å². The summed E-state index contributed by atoms with van der Waals surface area (Å²) in [5.41, 5.74) is 0.522. The SMILES string of the molecule is COC(=O)[C@@H](C)CC(=O)c1cc2c(F)c(CCCBr)c(OC)cc2s1. The summed E-state index contributed by atoms with van der Waals surface area (Å²) in [5, 5.41) is 1.19. The molecule has 0 aliphatic rings. The minimum absolute atomic E-state index is 0.0364. The number of ether oxygens (including phenoxy) is 2. The van der Waals surface area contributed by atoms with Gasteiger partial charge in [0.05, 0.1) is 25.0 Å². The van der Waals surface area contributed by atoms with E-state index < -0.39 is 11.9 Å². The molecule has 0 aliphatic carbocycles. The lowest BCUT2D eigenvalue weighted by Crippen LogP contribution is -2.16. The van der Waals surface area contributed by atoms with Gasteiger partial charge in [-0.2, -0.15) is 0 Å². The molecular formula is C18H20BrFO4S. The zero-order valence-electron chi connectivity index (χ0n) is 14.4. The number of esters is 1. The topological polar surface area (TPSA) is 52.6 Å². The molecule has 1 aromatic heterocycles. The van der Waals surface area contributed by atoms with Crippen molar-refractivity contribution in [2.75, 3.05) is 19.5 Å². The van der Waals surface area contributed by atoms with Gasteiger partial charge in [-0.1, -0.05) is 22.9 Å². The van der Waals surface area contributed by atoms with Crippen molar-refractivity contribution in [3.8, 4) is 5.75 Å². The fourth-order valence-electron chi connectivity index (χ4n) is 2.62. The Morgan fingerprint density at radius 3 is 2.64 bits per heavy atom. The Hall–Kier alpha value is -1.47. The van der Waals surface area contributed by atoms with E-state index in [0.29, 0.717) is 32.7 Å². The average molecular weight is 431 g/mol. The van der Waals surface area contributed by atoms with Gasteiger partial charge >= 0.3 is 5.97 Å². The number of ketones is 1. The van der Waals surface area contributed by atoms with E-state index in [1.807, 2.05) is 0 Å². The fourth-order valence-corrected chi connectivity index (χ4v) is 3.94. The lowest BCUT2D eigenvalue weighted by Gasteiger charge is -2.09. The number of fused-ring (bicyclic) bond motifs is 1. The van der Waals surface area contributed by atoms with Crippen molar-refractivity contribution < 1.29 is 23.5 Å².